The Morgan fingerprint density at radius 2 is 2.09 bits per heavy atom. The summed E-state index contributed by atoms with van der Waals surface area (Å²) in [6.07, 6.45) is 6.59. The Kier molecular flexibility index (Phi) is 3.33. The summed E-state index contributed by atoms with van der Waals surface area (Å²) >= 11 is 1.56. The van der Waals surface area contributed by atoms with Gasteiger partial charge in [0.05, 0.1) is 5.69 Å². The fourth-order valence-electron chi connectivity index (χ4n) is 2.88. The van der Waals surface area contributed by atoms with Crippen LogP contribution in [0.15, 0.2) is 16.9 Å². The van der Waals surface area contributed by atoms with Crippen LogP contribution in [0, 0.1) is 0 Å². The van der Waals surface area contributed by atoms with Gasteiger partial charge < -0.3 is 4.98 Å². The van der Waals surface area contributed by atoms with Crippen LogP contribution in [0.2, 0.25) is 0 Å². The molecule has 0 aliphatic heterocycles. The maximum absolute atomic E-state index is 12.4. The predicted molar refractivity (Wildman–Crippen MR) is 85.7 cm³/mol. The van der Waals surface area contributed by atoms with E-state index in [4.69, 9.17) is 0 Å². The van der Waals surface area contributed by atoms with Crippen molar-refractivity contribution < 1.29 is 4.79 Å². The lowest BCUT2D eigenvalue weighted by Crippen LogP contribution is -2.17. The second kappa shape index (κ2) is 5.35. The molecule has 1 amide bonds. The van der Waals surface area contributed by atoms with E-state index >= 15 is 0 Å². The molecule has 2 N–H and O–H groups in total. The molecule has 2 aliphatic rings. The number of hydrogen-bond donors (Lipinski definition) is 2. The first kappa shape index (κ1) is 13.7. The van der Waals surface area contributed by atoms with Gasteiger partial charge >= 0.3 is 0 Å². The minimum absolute atomic E-state index is 0.215. The molecule has 4 rings (SSSR count). The number of carbonyl (C=O) groups excluding carboxylic acids is 1. The smallest absolute Gasteiger partial charge is 0.257 e. The second-order valence-corrected chi connectivity index (χ2v) is 7.10. The van der Waals surface area contributed by atoms with Crippen LogP contribution in [-0.4, -0.2) is 15.9 Å². The van der Waals surface area contributed by atoms with Crippen molar-refractivity contribution in [3.8, 4) is 0 Å². The minimum Gasteiger partial charge on any atom is -0.326 e. The van der Waals surface area contributed by atoms with Gasteiger partial charge in [0, 0.05) is 22.2 Å². The number of amides is 1. The Balaban J connectivity index is 1.56. The molecule has 0 bridgehead atoms. The standard InChI is InChI=1S/C16H17N3O2S/c20-14-8-10(7-12(17-14)9-5-6-9)15(21)19-16-18-11-3-1-2-4-13(11)22-16/h7-9H,1-6H2,(H,17,20)(H,18,19,21). The van der Waals surface area contributed by atoms with Crippen LogP contribution in [0.1, 0.15) is 58.2 Å². The molecule has 22 heavy (non-hydrogen) atoms. The van der Waals surface area contributed by atoms with Crippen LogP contribution in [0.5, 0.6) is 0 Å². The number of fused-ring (bicyclic) bond motifs is 1. The van der Waals surface area contributed by atoms with Gasteiger partial charge in [-0.1, -0.05) is 0 Å². The zero-order valence-electron chi connectivity index (χ0n) is 12.1. The highest BCUT2D eigenvalue weighted by molar-refractivity contribution is 7.15. The van der Waals surface area contributed by atoms with E-state index in [0.717, 1.165) is 37.1 Å². The fraction of sp³-hybridized carbons (Fsp3) is 0.438. The lowest BCUT2D eigenvalue weighted by atomic mass is 10.0. The molecule has 2 aliphatic carbocycles. The van der Waals surface area contributed by atoms with Crippen molar-refractivity contribution in [1.82, 2.24) is 9.97 Å². The maximum Gasteiger partial charge on any atom is 0.257 e. The summed E-state index contributed by atoms with van der Waals surface area (Å²) in [5.74, 6) is 0.159. The van der Waals surface area contributed by atoms with Crippen molar-refractivity contribution in [3.05, 3.63) is 44.3 Å². The Bertz CT molecular complexity index is 765. The number of aryl methyl sites for hydroxylation is 2. The zero-order chi connectivity index (χ0) is 15.1. The second-order valence-electron chi connectivity index (χ2n) is 6.01. The van der Waals surface area contributed by atoms with Gasteiger partial charge in [0.15, 0.2) is 5.13 Å². The molecule has 0 atom stereocenters. The summed E-state index contributed by atoms with van der Waals surface area (Å²) in [6, 6.07) is 3.15. The number of thiazole rings is 1. The molecule has 0 unspecified atom stereocenters. The summed E-state index contributed by atoms with van der Waals surface area (Å²) in [7, 11) is 0. The summed E-state index contributed by atoms with van der Waals surface area (Å²) in [6.45, 7) is 0. The van der Waals surface area contributed by atoms with Crippen molar-refractivity contribution in [3.63, 3.8) is 0 Å². The Morgan fingerprint density at radius 1 is 1.27 bits per heavy atom. The number of carbonyl (C=O) groups is 1. The van der Waals surface area contributed by atoms with E-state index in [1.165, 1.54) is 23.8 Å². The van der Waals surface area contributed by atoms with Crippen LogP contribution in [0.3, 0.4) is 0 Å². The highest BCUT2D eigenvalue weighted by atomic mass is 32.1. The Morgan fingerprint density at radius 3 is 2.86 bits per heavy atom. The van der Waals surface area contributed by atoms with E-state index in [-0.39, 0.29) is 11.5 Å². The van der Waals surface area contributed by atoms with E-state index in [2.05, 4.69) is 15.3 Å². The number of hydrogen-bond acceptors (Lipinski definition) is 4. The van der Waals surface area contributed by atoms with Gasteiger partial charge in [-0.2, -0.15) is 0 Å². The van der Waals surface area contributed by atoms with Crippen molar-refractivity contribution in [1.29, 1.82) is 0 Å². The Labute approximate surface area is 131 Å². The lowest BCUT2D eigenvalue weighted by Gasteiger charge is -2.06. The number of nitrogens with one attached hydrogen (secondary N) is 2. The average molecular weight is 315 g/mol. The number of nitrogens with zero attached hydrogens (tertiary/aromatic N) is 1. The van der Waals surface area contributed by atoms with Gasteiger partial charge in [0.1, 0.15) is 0 Å². The topological polar surface area (TPSA) is 74.8 Å². The van der Waals surface area contributed by atoms with Crippen LogP contribution in [-0.2, 0) is 12.8 Å². The highest BCUT2D eigenvalue weighted by Gasteiger charge is 2.25. The van der Waals surface area contributed by atoms with Crippen molar-refractivity contribution in [2.24, 2.45) is 0 Å². The quantitative estimate of drug-likeness (QED) is 0.914. The first-order chi connectivity index (χ1) is 10.7. The van der Waals surface area contributed by atoms with E-state index in [1.807, 2.05) is 0 Å². The molecular weight excluding hydrogens is 298 g/mol. The van der Waals surface area contributed by atoms with E-state index < -0.39 is 0 Å². The molecule has 1 saturated carbocycles. The monoisotopic (exact) mass is 315 g/mol. The number of aromatic amines is 1. The molecule has 0 aromatic carbocycles. The van der Waals surface area contributed by atoms with Crippen LogP contribution >= 0.6 is 11.3 Å². The van der Waals surface area contributed by atoms with Crippen molar-refractivity contribution in [2.75, 3.05) is 5.32 Å². The van der Waals surface area contributed by atoms with Gasteiger partial charge in [-0.25, -0.2) is 4.98 Å². The summed E-state index contributed by atoms with van der Waals surface area (Å²) < 4.78 is 0. The molecule has 2 aromatic rings. The largest absolute Gasteiger partial charge is 0.326 e. The zero-order valence-corrected chi connectivity index (χ0v) is 13.0. The average Bonchev–Trinajstić information content (AvgIpc) is 3.27. The van der Waals surface area contributed by atoms with Crippen molar-refractivity contribution >= 4 is 22.4 Å². The third-order valence-corrected chi connectivity index (χ3v) is 5.28. The van der Waals surface area contributed by atoms with Gasteiger partial charge in [-0.05, 0) is 50.5 Å². The van der Waals surface area contributed by atoms with E-state index in [1.54, 1.807) is 17.4 Å². The predicted octanol–water partition coefficient (Wildman–Crippen LogP) is 2.84. The molecular formula is C16H17N3O2S. The molecule has 114 valence electrons. The molecule has 1 fully saturated rings. The SMILES string of the molecule is O=C(Nc1nc2c(s1)CCCC2)c1cc(C2CC2)[nH]c(=O)c1. The molecule has 0 saturated heterocycles. The van der Waals surface area contributed by atoms with E-state index in [9.17, 15) is 9.59 Å². The van der Waals surface area contributed by atoms with Gasteiger partial charge in [-0.15, -0.1) is 11.3 Å². The fourth-order valence-corrected chi connectivity index (χ4v) is 3.93. The highest BCUT2D eigenvalue weighted by Crippen LogP contribution is 2.38. The lowest BCUT2D eigenvalue weighted by molar-refractivity contribution is 0.102. The number of anilines is 1. The number of aromatic nitrogens is 2. The normalized spacial score (nSPS) is 17.1. The van der Waals surface area contributed by atoms with Gasteiger partial charge in [0.2, 0.25) is 5.56 Å². The summed E-state index contributed by atoms with van der Waals surface area (Å²) in [4.78, 5) is 32.7. The number of rotatable bonds is 3. The molecule has 2 aromatic heterocycles. The molecule has 6 heteroatoms. The van der Waals surface area contributed by atoms with Gasteiger partial charge in [0.25, 0.3) is 5.91 Å². The first-order valence-corrected chi connectivity index (χ1v) is 8.55. The van der Waals surface area contributed by atoms with E-state index in [0.29, 0.717) is 16.6 Å². The maximum atomic E-state index is 12.4. The third kappa shape index (κ3) is 2.70. The summed E-state index contributed by atoms with van der Waals surface area (Å²) in [5, 5.41) is 3.49. The third-order valence-electron chi connectivity index (χ3n) is 4.21. The molecule has 5 nitrogen and oxygen atoms in total. The number of pyridine rings is 1. The summed E-state index contributed by atoms with van der Waals surface area (Å²) in [5.41, 5.74) is 2.19. The minimum atomic E-state index is -0.251. The van der Waals surface area contributed by atoms with Crippen molar-refractivity contribution in [2.45, 2.75) is 44.4 Å². The van der Waals surface area contributed by atoms with Crippen LogP contribution in [0.4, 0.5) is 5.13 Å². The molecule has 2 heterocycles. The number of H-pyrrole nitrogens is 1. The molecule has 0 spiro atoms. The first-order valence-electron chi connectivity index (χ1n) is 7.73. The van der Waals surface area contributed by atoms with Gasteiger partial charge in [-0.3, -0.25) is 14.9 Å². The Hall–Kier alpha value is -1.95. The molecule has 0 radical (unpaired) electrons. The van der Waals surface area contributed by atoms with Crippen LogP contribution < -0.4 is 10.9 Å². The van der Waals surface area contributed by atoms with Crippen LogP contribution in [0.25, 0.3) is 0 Å².